The predicted molar refractivity (Wildman–Crippen MR) is 97.0 cm³/mol. The fourth-order valence-electron chi connectivity index (χ4n) is 3.84. The normalized spacial score (nSPS) is 28.3. The Morgan fingerprint density at radius 2 is 1.96 bits per heavy atom. The van der Waals surface area contributed by atoms with Crippen LogP contribution in [-0.4, -0.2) is 60.1 Å². The highest BCUT2D eigenvalue weighted by molar-refractivity contribution is 6.36. The van der Waals surface area contributed by atoms with Crippen LogP contribution in [0.15, 0.2) is 18.2 Å². The Kier molecular flexibility index (Phi) is 5.70. The number of benzene rings is 1. The molecule has 3 atom stereocenters. The zero-order valence-corrected chi connectivity index (χ0v) is 15.7. The number of carbonyl (C=O) groups excluding carboxylic acids is 1. The van der Waals surface area contributed by atoms with E-state index in [1.165, 1.54) is 0 Å². The molecule has 3 rings (SSSR count). The molecule has 6 heteroatoms. The average molecular weight is 371 g/mol. The zero-order chi connectivity index (χ0) is 17.3. The summed E-state index contributed by atoms with van der Waals surface area (Å²) in [5, 5.41) is 0.970. The third-order valence-corrected chi connectivity index (χ3v) is 5.31. The molecule has 1 aromatic rings. The van der Waals surface area contributed by atoms with Crippen molar-refractivity contribution in [3.8, 4) is 0 Å². The van der Waals surface area contributed by atoms with Gasteiger partial charge in [0, 0.05) is 37.2 Å². The van der Waals surface area contributed by atoms with Crippen LogP contribution in [0.5, 0.6) is 0 Å². The first-order chi connectivity index (χ1) is 11.4. The van der Waals surface area contributed by atoms with Crippen molar-refractivity contribution in [1.82, 2.24) is 9.80 Å². The van der Waals surface area contributed by atoms with Crippen molar-refractivity contribution in [1.29, 1.82) is 0 Å². The molecule has 2 saturated heterocycles. The van der Waals surface area contributed by atoms with Gasteiger partial charge in [0.25, 0.3) is 5.91 Å². The molecular weight excluding hydrogens is 347 g/mol. The molecule has 0 N–H and O–H groups in total. The molecule has 24 heavy (non-hydrogen) atoms. The minimum Gasteiger partial charge on any atom is -0.373 e. The number of morpholine rings is 1. The summed E-state index contributed by atoms with van der Waals surface area (Å²) in [5.41, 5.74) is 0.539. The summed E-state index contributed by atoms with van der Waals surface area (Å²) in [6.45, 7) is 7.74. The van der Waals surface area contributed by atoms with Gasteiger partial charge in [-0.1, -0.05) is 23.2 Å². The summed E-state index contributed by atoms with van der Waals surface area (Å²) >= 11 is 12.2. The Balaban J connectivity index is 1.69. The van der Waals surface area contributed by atoms with Crippen LogP contribution in [0.4, 0.5) is 0 Å². The largest absolute Gasteiger partial charge is 0.373 e. The lowest BCUT2D eigenvalue weighted by atomic mass is 10.1. The van der Waals surface area contributed by atoms with Gasteiger partial charge in [-0.25, -0.2) is 0 Å². The van der Waals surface area contributed by atoms with Crippen LogP contribution in [0.3, 0.4) is 0 Å². The molecule has 1 aromatic carbocycles. The molecule has 2 aliphatic rings. The molecule has 2 fully saturated rings. The minimum atomic E-state index is 0.00789. The van der Waals surface area contributed by atoms with E-state index in [1.807, 2.05) is 4.90 Å². The van der Waals surface area contributed by atoms with Gasteiger partial charge in [-0.2, -0.15) is 0 Å². The molecule has 4 nitrogen and oxygen atoms in total. The van der Waals surface area contributed by atoms with Crippen LogP contribution in [0.2, 0.25) is 10.0 Å². The average Bonchev–Trinajstić information content (AvgIpc) is 2.93. The van der Waals surface area contributed by atoms with Crippen LogP contribution >= 0.6 is 23.2 Å². The summed E-state index contributed by atoms with van der Waals surface area (Å²) in [7, 11) is 0. The summed E-state index contributed by atoms with van der Waals surface area (Å²) in [6.07, 6.45) is 2.56. The van der Waals surface area contributed by atoms with Gasteiger partial charge < -0.3 is 9.64 Å². The molecule has 2 heterocycles. The third-order valence-electron chi connectivity index (χ3n) is 4.76. The fraction of sp³-hybridized carbons (Fsp3) is 0.611. The van der Waals surface area contributed by atoms with Crippen LogP contribution in [0, 0.1) is 0 Å². The monoisotopic (exact) mass is 370 g/mol. The van der Waals surface area contributed by atoms with Crippen molar-refractivity contribution in [2.75, 3.05) is 26.2 Å². The maximum absolute atomic E-state index is 12.9. The van der Waals surface area contributed by atoms with Crippen molar-refractivity contribution in [2.45, 2.75) is 44.9 Å². The Hall–Kier alpha value is -0.810. The molecule has 132 valence electrons. The van der Waals surface area contributed by atoms with E-state index < -0.39 is 0 Å². The van der Waals surface area contributed by atoms with E-state index in [2.05, 4.69) is 18.7 Å². The Morgan fingerprint density at radius 1 is 1.25 bits per heavy atom. The van der Waals surface area contributed by atoms with E-state index in [1.54, 1.807) is 18.2 Å². The van der Waals surface area contributed by atoms with Gasteiger partial charge in [0.2, 0.25) is 0 Å². The second-order valence-electron chi connectivity index (χ2n) is 6.89. The Morgan fingerprint density at radius 3 is 2.62 bits per heavy atom. The standard InChI is InChI=1S/C18H24Cl2N2O2/c1-12-9-21(10-13(2)24-12)11-15-4-3-7-22(15)18(23)16-6-5-14(19)8-17(16)20/h5-6,8,12-13,15H,3-4,7,9-11H2,1-2H3/t12-,13-,15+/m1/s1. The highest BCUT2D eigenvalue weighted by atomic mass is 35.5. The second-order valence-corrected chi connectivity index (χ2v) is 7.74. The van der Waals surface area contributed by atoms with Crippen molar-refractivity contribution >= 4 is 29.1 Å². The lowest BCUT2D eigenvalue weighted by molar-refractivity contribution is -0.0715. The lowest BCUT2D eigenvalue weighted by Crippen LogP contribution is -2.50. The number of rotatable bonds is 3. The SMILES string of the molecule is C[C@@H]1CN(C[C@@H]2CCCN2C(=O)c2ccc(Cl)cc2Cl)C[C@@H](C)O1. The van der Waals surface area contributed by atoms with Gasteiger partial charge in [-0.3, -0.25) is 9.69 Å². The molecule has 0 bridgehead atoms. The van der Waals surface area contributed by atoms with Crippen LogP contribution < -0.4 is 0 Å². The van der Waals surface area contributed by atoms with Crippen LogP contribution in [0.1, 0.15) is 37.0 Å². The number of carbonyl (C=O) groups is 1. The smallest absolute Gasteiger partial charge is 0.255 e. The minimum absolute atomic E-state index is 0.00789. The molecule has 0 aliphatic carbocycles. The molecule has 0 unspecified atom stereocenters. The number of hydrogen-bond acceptors (Lipinski definition) is 3. The fourth-order valence-corrected chi connectivity index (χ4v) is 4.33. The number of hydrogen-bond donors (Lipinski definition) is 0. The summed E-state index contributed by atoms with van der Waals surface area (Å²) < 4.78 is 5.80. The first-order valence-electron chi connectivity index (χ1n) is 8.58. The second kappa shape index (κ2) is 7.61. The molecule has 0 aromatic heterocycles. The van der Waals surface area contributed by atoms with Gasteiger partial charge in [0.15, 0.2) is 0 Å². The summed E-state index contributed by atoms with van der Waals surface area (Å²) in [5.74, 6) is 0.00789. The number of nitrogens with zero attached hydrogens (tertiary/aromatic N) is 2. The van der Waals surface area contributed by atoms with E-state index in [0.29, 0.717) is 15.6 Å². The molecule has 0 spiro atoms. The first-order valence-corrected chi connectivity index (χ1v) is 9.33. The van der Waals surface area contributed by atoms with Gasteiger partial charge in [0.05, 0.1) is 22.8 Å². The number of amides is 1. The van der Waals surface area contributed by atoms with Gasteiger partial charge in [-0.05, 0) is 44.9 Å². The summed E-state index contributed by atoms with van der Waals surface area (Å²) in [6, 6.07) is 5.31. The van der Waals surface area contributed by atoms with Crippen molar-refractivity contribution < 1.29 is 9.53 Å². The molecule has 0 radical (unpaired) electrons. The highest BCUT2D eigenvalue weighted by Crippen LogP contribution is 2.27. The van der Waals surface area contributed by atoms with Crippen LogP contribution in [0.25, 0.3) is 0 Å². The molecule has 0 saturated carbocycles. The number of likely N-dealkylation sites (tertiary alicyclic amines) is 1. The summed E-state index contributed by atoms with van der Waals surface area (Å²) in [4.78, 5) is 17.3. The lowest BCUT2D eigenvalue weighted by Gasteiger charge is -2.38. The quantitative estimate of drug-likeness (QED) is 0.812. The van der Waals surface area contributed by atoms with Gasteiger partial charge in [-0.15, -0.1) is 0 Å². The molecule has 1 amide bonds. The van der Waals surface area contributed by atoms with E-state index in [9.17, 15) is 4.79 Å². The van der Waals surface area contributed by atoms with Crippen molar-refractivity contribution in [3.63, 3.8) is 0 Å². The number of ether oxygens (including phenoxy) is 1. The zero-order valence-electron chi connectivity index (χ0n) is 14.2. The van der Waals surface area contributed by atoms with Crippen LogP contribution in [-0.2, 0) is 4.74 Å². The maximum Gasteiger partial charge on any atom is 0.255 e. The maximum atomic E-state index is 12.9. The van der Waals surface area contributed by atoms with E-state index >= 15 is 0 Å². The van der Waals surface area contributed by atoms with E-state index in [-0.39, 0.29) is 24.2 Å². The predicted octanol–water partition coefficient (Wildman–Crippen LogP) is 3.71. The Labute approximate surface area is 153 Å². The van der Waals surface area contributed by atoms with E-state index in [4.69, 9.17) is 27.9 Å². The topological polar surface area (TPSA) is 32.8 Å². The number of halogens is 2. The van der Waals surface area contributed by atoms with E-state index in [0.717, 1.165) is 39.0 Å². The third kappa shape index (κ3) is 4.05. The first kappa shape index (κ1) is 18.0. The Bertz CT molecular complexity index is 601. The van der Waals surface area contributed by atoms with Gasteiger partial charge >= 0.3 is 0 Å². The van der Waals surface area contributed by atoms with Gasteiger partial charge in [0.1, 0.15) is 0 Å². The van der Waals surface area contributed by atoms with Crippen molar-refractivity contribution in [2.24, 2.45) is 0 Å². The molecule has 2 aliphatic heterocycles. The highest BCUT2D eigenvalue weighted by Gasteiger charge is 2.33. The molecular formula is C18H24Cl2N2O2. The van der Waals surface area contributed by atoms with Crippen molar-refractivity contribution in [3.05, 3.63) is 33.8 Å².